The van der Waals surface area contributed by atoms with E-state index in [0.717, 1.165) is 0 Å². The molecule has 0 atom stereocenters. The number of carbonyl (C=O) groups is 1. The Morgan fingerprint density at radius 2 is 2.00 bits per heavy atom. The van der Waals surface area contributed by atoms with Crippen molar-refractivity contribution >= 4 is 53.9 Å². The summed E-state index contributed by atoms with van der Waals surface area (Å²) in [5.74, 6) is 0. The van der Waals surface area contributed by atoms with Gasteiger partial charge in [0.2, 0.25) is 0 Å². The largest absolute Gasteiger partial charge is 0.446 e. The van der Waals surface area contributed by atoms with Crippen LogP contribution in [0.1, 0.15) is 0 Å². The molecule has 0 aliphatic carbocycles. The molecule has 0 spiro atoms. The number of rotatable bonds is 1. The summed E-state index contributed by atoms with van der Waals surface area (Å²) in [6.07, 6.45) is -0.794. The second kappa shape index (κ2) is 3.78. The normalized spacial score (nSPS) is 11.0. The van der Waals surface area contributed by atoms with Crippen LogP contribution in [-0.4, -0.2) is 14.8 Å². The molecule has 0 unspecified atom stereocenters. The van der Waals surface area contributed by atoms with Gasteiger partial charge in [0.15, 0.2) is 2.14 Å². The van der Waals surface area contributed by atoms with E-state index in [-0.39, 0.29) is 6.61 Å². The lowest BCUT2D eigenvalue weighted by Gasteiger charge is -2.09. The third-order valence-corrected chi connectivity index (χ3v) is 1.06. The van der Waals surface area contributed by atoms with E-state index in [0.29, 0.717) is 0 Å². The summed E-state index contributed by atoms with van der Waals surface area (Å²) < 4.78 is 3.85. The van der Waals surface area contributed by atoms with Crippen LogP contribution in [0.25, 0.3) is 0 Å². The summed E-state index contributed by atoms with van der Waals surface area (Å²) in [4.78, 5) is 9.98. The Bertz CT molecular complexity index is 110. The lowest BCUT2D eigenvalue weighted by Crippen LogP contribution is -2.20. The molecule has 0 heterocycles. The van der Waals surface area contributed by atoms with Gasteiger partial charge in [-0.25, -0.2) is 4.79 Å². The summed E-state index contributed by atoms with van der Waals surface area (Å²) >= 11 is 9.32. The average molecular weight is 326 g/mol. The number of amides is 1. The van der Waals surface area contributed by atoms with Gasteiger partial charge in [0.05, 0.1) is 0 Å². The molecule has 1 amide bonds. The number of alkyl halides is 3. The highest BCUT2D eigenvalue weighted by Crippen LogP contribution is 2.33. The zero-order chi connectivity index (χ0) is 7.49. The third kappa shape index (κ3) is 8.71. The van der Waals surface area contributed by atoms with Gasteiger partial charge in [0, 0.05) is 0 Å². The summed E-state index contributed by atoms with van der Waals surface area (Å²) in [7, 11) is 0. The van der Waals surface area contributed by atoms with Crippen molar-refractivity contribution in [1.29, 1.82) is 0 Å². The van der Waals surface area contributed by atoms with E-state index >= 15 is 0 Å². The first kappa shape index (κ1) is 9.71. The summed E-state index contributed by atoms with van der Waals surface area (Å²) in [5, 5.41) is 0. The Balaban J connectivity index is 3.39. The van der Waals surface area contributed by atoms with E-state index in [1.807, 2.05) is 0 Å². The van der Waals surface area contributed by atoms with Crippen molar-refractivity contribution < 1.29 is 9.53 Å². The first-order valence-corrected chi connectivity index (χ1v) is 4.29. The van der Waals surface area contributed by atoms with Gasteiger partial charge in [0.25, 0.3) is 0 Å². The fourth-order valence-corrected chi connectivity index (χ4v) is 0.496. The van der Waals surface area contributed by atoms with Crippen LogP contribution >= 0.6 is 47.8 Å². The molecule has 0 saturated carbocycles. The van der Waals surface area contributed by atoms with Gasteiger partial charge in [-0.05, 0) is 0 Å². The number of hydrogen-bond acceptors (Lipinski definition) is 2. The predicted molar refractivity (Wildman–Crippen MR) is 45.0 cm³/mol. The van der Waals surface area contributed by atoms with Crippen molar-refractivity contribution in [3.05, 3.63) is 0 Å². The van der Waals surface area contributed by atoms with Gasteiger partial charge < -0.3 is 10.5 Å². The maximum absolute atomic E-state index is 9.98. The van der Waals surface area contributed by atoms with E-state index in [2.05, 4.69) is 58.3 Å². The highest BCUT2D eigenvalue weighted by molar-refractivity contribution is 9.39. The van der Waals surface area contributed by atoms with E-state index < -0.39 is 8.24 Å². The number of halogens is 3. The second-order valence-corrected chi connectivity index (χ2v) is 8.48. The van der Waals surface area contributed by atoms with Crippen LogP contribution in [0.5, 0.6) is 0 Å². The molecule has 9 heavy (non-hydrogen) atoms. The zero-order valence-electron chi connectivity index (χ0n) is 4.23. The van der Waals surface area contributed by atoms with Crippen molar-refractivity contribution in [2.24, 2.45) is 5.73 Å². The topological polar surface area (TPSA) is 52.3 Å². The molecule has 54 valence electrons. The fraction of sp³-hybridized carbons (Fsp3) is 0.667. The van der Waals surface area contributed by atoms with E-state index in [1.54, 1.807) is 0 Å². The molecule has 0 fully saturated rings. The molecule has 0 bridgehead atoms. The van der Waals surface area contributed by atoms with Crippen molar-refractivity contribution in [2.75, 3.05) is 6.61 Å². The first-order valence-electron chi connectivity index (χ1n) is 1.91. The Morgan fingerprint density at radius 1 is 1.56 bits per heavy atom. The molecule has 0 aromatic rings. The Kier molecular flexibility index (Phi) is 4.07. The van der Waals surface area contributed by atoms with Crippen molar-refractivity contribution in [3.8, 4) is 0 Å². The number of carbonyl (C=O) groups excluding carboxylic acids is 1. The van der Waals surface area contributed by atoms with Crippen LogP contribution in [0.4, 0.5) is 4.79 Å². The van der Waals surface area contributed by atoms with Gasteiger partial charge in [-0.3, -0.25) is 0 Å². The van der Waals surface area contributed by atoms with Crippen molar-refractivity contribution in [3.63, 3.8) is 0 Å². The first-order chi connectivity index (χ1) is 3.92. The quantitative estimate of drug-likeness (QED) is 0.749. The maximum Gasteiger partial charge on any atom is 0.404 e. The molecular weight excluding hydrogens is 322 g/mol. The summed E-state index contributed by atoms with van der Waals surface area (Å²) in [6, 6.07) is 0. The number of primary amides is 1. The third-order valence-electron chi connectivity index (χ3n) is 0.378. The highest BCUT2D eigenvalue weighted by Gasteiger charge is 2.18. The van der Waals surface area contributed by atoms with Gasteiger partial charge in [-0.1, -0.05) is 47.8 Å². The SMILES string of the molecule is NC(=O)OCC(Br)(Br)Br. The minimum absolute atomic E-state index is 0.127. The molecule has 0 aliphatic heterocycles. The van der Waals surface area contributed by atoms with Crippen LogP contribution in [-0.2, 0) is 4.74 Å². The number of nitrogens with two attached hydrogens (primary N) is 1. The molecule has 6 heteroatoms. The van der Waals surface area contributed by atoms with E-state index in [4.69, 9.17) is 0 Å². The lowest BCUT2D eigenvalue weighted by atomic mass is 10.9. The maximum atomic E-state index is 9.98. The molecule has 0 aromatic heterocycles. The molecule has 0 aliphatic rings. The smallest absolute Gasteiger partial charge is 0.404 e. The van der Waals surface area contributed by atoms with Crippen LogP contribution in [0.15, 0.2) is 0 Å². The molecule has 2 N–H and O–H groups in total. The van der Waals surface area contributed by atoms with Gasteiger partial charge in [0.1, 0.15) is 6.61 Å². The molecular formula is C3H4Br3NO2. The van der Waals surface area contributed by atoms with Crippen LogP contribution in [0, 0.1) is 0 Å². The van der Waals surface area contributed by atoms with Crippen LogP contribution in [0.2, 0.25) is 0 Å². The predicted octanol–water partition coefficient (Wildman–Crippen LogP) is 1.92. The standard InChI is InChI=1S/C3H4Br3NO2/c4-3(5,6)1-9-2(7)8/h1H2,(H2,7,8). The molecule has 3 nitrogen and oxygen atoms in total. The minimum atomic E-state index is -0.794. The summed E-state index contributed by atoms with van der Waals surface area (Å²) in [6.45, 7) is 0.127. The number of hydrogen-bond donors (Lipinski definition) is 1. The van der Waals surface area contributed by atoms with Gasteiger partial charge in [-0.2, -0.15) is 0 Å². The minimum Gasteiger partial charge on any atom is -0.446 e. The number of ether oxygens (including phenoxy) is 1. The van der Waals surface area contributed by atoms with Crippen LogP contribution < -0.4 is 5.73 Å². The average Bonchev–Trinajstić information content (AvgIpc) is 1.59. The Hall–Kier alpha value is 0.710. The Morgan fingerprint density at radius 3 is 2.11 bits per heavy atom. The second-order valence-electron chi connectivity index (χ2n) is 1.22. The lowest BCUT2D eigenvalue weighted by molar-refractivity contribution is 0.161. The molecule has 0 rings (SSSR count). The summed E-state index contributed by atoms with van der Waals surface area (Å²) in [5.41, 5.74) is 4.68. The monoisotopic (exact) mass is 323 g/mol. The molecule has 0 radical (unpaired) electrons. The molecule has 0 aromatic carbocycles. The van der Waals surface area contributed by atoms with Gasteiger partial charge in [-0.15, -0.1) is 0 Å². The van der Waals surface area contributed by atoms with Gasteiger partial charge >= 0.3 is 6.09 Å². The zero-order valence-corrected chi connectivity index (χ0v) is 8.99. The highest BCUT2D eigenvalue weighted by atomic mass is 80.0. The van der Waals surface area contributed by atoms with Crippen molar-refractivity contribution in [1.82, 2.24) is 0 Å². The van der Waals surface area contributed by atoms with Crippen molar-refractivity contribution in [2.45, 2.75) is 2.14 Å². The van der Waals surface area contributed by atoms with Crippen LogP contribution in [0.3, 0.4) is 0 Å². The van der Waals surface area contributed by atoms with E-state index in [1.165, 1.54) is 0 Å². The van der Waals surface area contributed by atoms with E-state index in [9.17, 15) is 4.79 Å². The fourth-order valence-electron chi connectivity index (χ4n) is 0.153. The Labute approximate surface area is 77.7 Å². The molecule has 0 saturated heterocycles.